The van der Waals surface area contributed by atoms with Gasteiger partial charge in [0.1, 0.15) is 0 Å². The molecule has 1 aliphatic rings. The summed E-state index contributed by atoms with van der Waals surface area (Å²) in [6, 6.07) is 12.7. The Kier molecular flexibility index (Phi) is 4.51. The highest BCUT2D eigenvalue weighted by Crippen LogP contribution is 2.27. The Bertz CT molecular complexity index is 769. The molecule has 0 spiro atoms. The number of methoxy groups -OCH3 is 1. The topological polar surface area (TPSA) is 67.4 Å². The second-order valence-electron chi connectivity index (χ2n) is 5.83. The average Bonchev–Trinajstić information content (AvgIpc) is 3.09. The first-order valence-corrected chi connectivity index (χ1v) is 7.95. The summed E-state index contributed by atoms with van der Waals surface area (Å²) in [6.45, 7) is 2.78. The summed E-state index contributed by atoms with van der Waals surface area (Å²) in [5.41, 5.74) is 4.20. The molecule has 124 valence electrons. The van der Waals surface area contributed by atoms with Gasteiger partial charge in [0.2, 0.25) is 0 Å². The molecule has 1 heterocycles. The molecule has 1 amide bonds. The van der Waals surface area contributed by atoms with Gasteiger partial charge >= 0.3 is 5.97 Å². The largest absolute Gasteiger partial charge is 0.465 e. The molecule has 0 aromatic heterocycles. The standard InChI is InChI=1S/C19H20N2O3/c1-12(13-6-8-15(9-7-13)19(23)24-2)21-18(22)16-5-3-4-14-10-11-20-17(14)16/h3-9,12,20H,10-11H2,1-2H3,(H,21,22). The van der Waals surface area contributed by atoms with Crippen molar-refractivity contribution in [1.82, 2.24) is 5.32 Å². The lowest BCUT2D eigenvalue weighted by molar-refractivity contribution is 0.0600. The van der Waals surface area contributed by atoms with Crippen LogP contribution in [0.5, 0.6) is 0 Å². The van der Waals surface area contributed by atoms with Gasteiger partial charge in [0.05, 0.1) is 30.0 Å². The summed E-state index contributed by atoms with van der Waals surface area (Å²) in [5, 5.41) is 6.29. The summed E-state index contributed by atoms with van der Waals surface area (Å²) in [4.78, 5) is 24.1. The van der Waals surface area contributed by atoms with Crippen LogP contribution < -0.4 is 10.6 Å². The molecule has 0 saturated heterocycles. The molecule has 0 bridgehead atoms. The molecule has 3 rings (SSSR count). The fourth-order valence-electron chi connectivity index (χ4n) is 2.91. The minimum Gasteiger partial charge on any atom is -0.465 e. The van der Waals surface area contributed by atoms with Crippen molar-refractivity contribution in [1.29, 1.82) is 0 Å². The molecule has 1 atom stereocenters. The van der Waals surface area contributed by atoms with E-state index in [1.54, 1.807) is 12.1 Å². The molecular weight excluding hydrogens is 304 g/mol. The lowest BCUT2D eigenvalue weighted by atomic mass is 10.0. The predicted molar refractivity (Wildman–Crippen MR) is 92.3 cm³/mol. The third-order valence-electron chi connectivity index (χ3n) is 4.27. The van der Waals surface area contributed by atoms with Gasteiger partial charge in [-0.25, -0.2) is 4.79 Å². The minimum atomic E-state index is -0.371. The van der Waals surface area contributed by atoms with Crippen molar-refractivity contribution < 1.29 is 14.3 Å². The second kappa shape index (κ2) is 6.74. The molecule has 2 aromatic rings. The van der Waals surface area contributed by atoms with Crippen LogP contribution in [0.2, 0.25) is 0 Å². The molecule has 0 saturated carbocycles. The fourth-order valence-corrected chi connectivity index (χ4v) is 2.91. The number of carbonyl (C=O) groups excluding carboxylic acids is 2. The highest BCUT2D eigenvalue weighted by Gasteiger charge is 2.20. The number of amides is 1. The molecule has 24 heavy (non-hydrogen) atoms. The van der Waals surface area contributed by atoms with E-state index in [0.717, 1.165) is 24.2 Å². The molecule has 0 aliphatic carbocycles. The molecule has 0 radical (unpaired) electrons. The van der Waals surface area contributed by atoms with Crippen LogP contribution in [-0.4, -0.2) is 25.5 Å². The lowest BCUT2D eigenvalue weighted by Crippen LogP contribution is -2.27. The number of para-hydroxylation sites is 1. The van der Waals surface area contributed by atoms with Gasteiger partial charge in [-0.05, 0) is 42.7 Å². The molecule has 2 aromatic carbocycles. The Balaban J connectivity index is 1.73. The summed E-state index contributed by atoms with van der Waals surface area (Å²) in [5.74, 6) is -0.477. The van der Waals surface area contributed by atoms with Crippen molar-refractivity contribution in [2.45, 2.75) is 19.4 Å². The zero-order valence-corrected chi connectivity index (χ0v) is 13.8. The summed E-state index contributed by atoms with van der Waals surface area (Å²) in [6.07, 6.45) is 0.945. The van der Waals surface area contributed by atoms with Gasteiger partial charge < -0.3 is 15.4 Å². The number of rotatable bonds is 4. The van der Waals surface area contributed by atoms with E-state index in [1.165, 1.54) is 12.7 Å². The van der Waals surface area contributed by atoms with E-state index in [2.05, 4.69) is 15.4 Å². The number of fused-ring (bicyclic) bond motifs is 1. The average molecular weight is 324 g/mol. The van der Waals surface area contributed by atoms with Crippen LogP contribution in [-0.2, 0) is 11.2 Å². The van der Waals surface area contributed by atoms with Crippen molar-refractivity contribution in [3.63, 3.8) is 0 Å². The maximum absolute atomic E-state index is 12.6. The van der Waals surface area contributed by atoms with Crippen molar-refractivity contribution >= 4 is 17.6 Å². The Morgan fingerprint density at radius 1 is 1.17 bits per heavy atom. The van der Waals surface area contributed by atoms with E-state index >= 15 is 0 Å². The number of anilines is 1. The zero-order chi connectivity index (χ0) is 17.1. The molecule has 5 heteroatoms. The number of esters is 1. The first-order valence-electron chi connectivity index (χ1n) is 7.95. The predicted octanol–water partition coefficient (Wildman–Crippen LogP) is 2.93. The number of nitrogens with one attached hydrogen (secondary N) is 2. The molecule has 5 nitrogen and oxygen atoms in total. The van der Waals surface area contributed by atoms with Crippen molar-refractivity contribution in [2.75, 3.05) is 19.0 Å². The number of ether oxygens (including phenoxy) is 1. The maximum atomic E-state index is 12.6. The molecule has 1 unspecified atom stereocenters. The van der Waals surface area contributed by atoms with E-state index in [9.17, 15) is 9.59 Å². The highest BCUT2D eigenvalue weighted by molar-refractivity contribution is 6.01. The van der Waals surface area contributed by atoms with E-state index in [4.69, 9.17) is 0 Å². The molecule has 0 fully saturated rings. The smallest absolute Gasteiger partial charge is 0.337 e. The van der Waals surface area contributed by atoms with Crippen LogP contribution in [0.3, 0.4) is 0 Å². The van der Waals surface area contributed by atoms with Gasteiger partial charge in [-0.2, -0.15) is 0 Å². The summed E-state index contributed by atoms with van der Waals surface area (Å²) < 4.78 is 4.69. The van der Waals surface area contributed by atoms with Crippen molar-refractivity contribution in [2.24, 2.45) is 0 Å². The van der Waals surface area contributed by atoms with Crippen LogP contribution in [0.25, 0.3) is 0 Å². The maximum Gasteiger partial charge on any atom is 0.337 e. The van der Waals surface area contributed by atoms with Gasteiger partial charge in [-0.15, -0.1) is 0 Å². The van der Waals surface area contributed by atoms with Gasteiger partial charge in [0, 0.05) is 6.54 Å². The van der Waals surface area contributed by atoms with Crippen molar-refractivity contribution in [3.05, 3.63) is 64.7 Å². The lowest BCUT2D eigenvalue weighted by Gasteiger charge is -2.16. The monoisotopic (exact) mass is 324 g/mol. The molecular formula is C19H20N2O3. The SMILES string of the molecule is COC(=O)c1ccc(C(C)NC(=O)c2cccc3c2NCC3)cc1. The van der Waals surface area contributed by atoms with Gasteiger partial charge in [-0.1, -0.05) is 24.3 Å². The molecule has 1 aliphatic heterocycles. The third kappa shape index (κ3) is 3.11. The second-order valence-corrected chi connectivity index (χ2v) is 5.83. The van der Waals surface area contributed by atoms with E-state index < -0.39 is 0 Å². The van der Waals surface area contributed by atoms with Gasteiger partial charge in [0.15, 0.2) is 0 Å². The van der Waals surface area contributed by atoms with Crippen molar-refractivity contribution in [3.8, 4) is 0 Å². The number of hydrogen-bond acceptors (Lipinski definition) is 4. The molecule has 2 N–H and O–H groups in total. The van der Waals surface area contributed by atoms with Crippen LogP contribution in [0, 0.1) is 0 Å². The quantitative estimate of drug-likeness (QED) is 0.849. The normalized spacial score (nSPS) is 13.6. The van der Waals surface area contributed by atoms with E-state index in [0.29, 0.717) is 11.1 Å². The fraction of sp³-hybridized carbons (Fsp3) is 0.263. The number of hydrogen-bond donors (Lipinski definition) is 2. The number of benzene rings is 2. The first-order chi connectivity index (χ1) is 11.6. The third-order valence-corrected chi connectivity index (χ3v) is 4.27. The Morgan fingerprint density at radius 2 is 1.92 bits per heavy atom. The highest BCUT2D eigenvalue weighted by atomic mass is 16.5. The van der Waals surface area contributed by atoms with Gasteiger partial charge in [-0.3, -0.25) is 4.79 Å². The Labute approximate surface area is 141 Å². The first kappa shape index (κ1) is 16.1. The van der Waals surface area contributed by atoms with E-state index in [-0.39, 0.29) is 17.9 Å². The number of carbonyl (C=O) groups is 2. The summed E-state index contributed by atoms with van der Waals surface area (Å²) >= 11 is 0. The zero-order valence-electron chi connectivity index (χ0n) is 13.8. The minimum absolute atomic E-state index is 0.106. The van der Waals surface area contributed by atoms with Crippen LogP contribution in [0.1, 0.15) is 44.8 Å². The van der Waals surface area contributed by atoms with Crippen LogP contribution in [0.4, 0.5) is 5.69 Å². The van der Waals surface area contributed by atoms with Crippen LogP contribution >= 0.6 is 0 Å². The Hall–Kier alpha value is -2.82. The summed E-state index contributed by atoms with van der Waals surface area (Å²) in [7, 11) is 1.35. The Morgan fingerprint density at radius 3 is 2.62 bits per heavy atom. The van der Waals surface area contributed by atoms with E-state index in [1.807, 2.05) is 37.3 Å². The van der Waals surface area contributed by atoms with Gasteiger partial charge in [0.25, 0.3) is 5.91 Å². The van der Waals surface area contributed by atoms with Crippen LogP contribution in [0.15, 0.2) is 42.5 Å².